The molecule has 0 fully saturated rings. The zero-order valence-corrected chi connectivity index (χ0v) is 12.5. The number of carboxylic acid groups (broad SMARTS) is 1. The Kier molecular flexibility index (Phi) is 7.97. The molecule has 0 radical (unpaired) electrons. The number of carbonyl (C=O) groups is 1. The SMILES string of the molecule is CCCC[C@@H](C)C[C@@H](CC(=O)O)OCc1ccccc1. The Morgan fingerprint density at radius 3 is 2.60 bits per heavy atom. The molecule has 2 atom stereocenters. The van der Waals surface area contributed by atoms with Crippen LogP contribution in [0.1, 0.15) is 51.5 Å². The van der Waals surface area contributed by atoms with Crippen LogP contribution in [0.4, 0.5) is 0 Å². The Balaban J connectivity index is 2.44. The summed E-state index contributed by atoms with van der Waals surface area (Å²) in [7, 11) is 0. The minimum Gasteiger partial charge on any atom is -0.481 e. The Hall–Kier alpha value is -1.35. The number of benzene rings is 1. The Morgan fingerprint density at radius 2 is 2.00 bits per heavy atom. The summed E-state index contributed by atoms with van der Waals surface area (Å²) in [6.45, 7) is 4.84. The van der Waals surface area contributed by atoms with Gasteiger partial charge < -0.3 is 9.84 Å². The molecular formula is C17H26O3. The summed E-state index contributed by atoms with van der Waals surface area (Å²) >= 11 is 0. The number of aliphatic carboxylic acids is 1. The van der Waals surface area contributed by atoms with Gasteiger partial charge in [-0.2, -0.15) is 0 Å². The Bertz CT molecular complexity index is 375. The summed E-state index contributed by atoms with van der Waals surface area (Å²) in [5.74, 6) is -0.277. The van der Waals surface area contributed by atoms with Crippen molar-refractivity contribution in [3.05, 3.63) is 35.9 Å². The summed E-state index contributed by atoms with van der Waals surface area (Å²) in [4.78, 5) is 10.9. The van der Waals surface area contributed by atoms with Gasteiger partial charge in [0.05, 0.1) is 19.1 Å². The van der Waals surface area contributed by atoms with Gasteiger partial charge in [0, 0.05) is 0 Å². The van der Waals surface area contributed by atoms with E-state index in [0.29, 0.717) is 12.5 Å². The molecule has 0 spiro atoms. The molecule has 112 valence electrons. The van der Waals surface area contributed by atoms with Crippen LogP contribution in [-0.4, -0.2) is 17.2 Å². The van der Waals surface area contributed by atoms with Gasteiger partial charge in [0.15, 0.2) is 0 Å². The van der Waals surface area contributed by atoms with E-state index >= 15 is 0 Å². The van der Waals surface area contributed by atoms with Crippen LogP contribution in [0.15, 0.2) is 30.3 Å². The molecule has 20 heavy (non-hydrogen) atoms. The molecule has 1 aromatic carbocycles. The maximum atomic E-state index is 10.9. The smallest absolute Gasteiger partial charge is 0.305 e. The van der Waals surface area contributed by atoms with Gasteiger partial charge in [-0.3, -0.25) is 4.79 Å². The second-order valence-electron chi connectivity index (χ2n) is 5.50. The third-order valence-electron chi connectivity index (χ3n) is 3.45. The van der Waals surface area contributed by atoms with Crippen molar-refractivity contribution in [1.29, 1.82) is 0 Å². The number of hydrogen-bond donors (Lipinski definition) is 1. The highest BCUT2D eigenvalue weighted by atomic mass is 16.5. The predicted molar refractivity (Wildman–Crippen MR) is 80.6 cm³/mol. The topological polar surface area (TPSA) is 46.5 Å². The second kappa shape index (κ2) is 9.54. The second-order valence-corrected chi connectivity index (χ2v) is 5.50. The molecule has 1 rings (SSSR count). The van der Waals surface area contributed by atoms with Crippen molar-refractivity contribution in [1.82, 2.24) is 0 Å². The highest BCUT2D eigenvalue weighted by Gasteiger charge is 2.17. The average molecular weight is 278 g/mol. The quantitative estimate of drug-likeness (QED) is 0.695. The lowest BCUT2D eigenvalue weighted by Crippen LogP contribution is -2.20. The first-order chi connectivity index (χ1) is 9.61. The summed E-state index contributed by atoms with van der Waals surface area (Å²) in [6.07, 6.45) is 4.22. The van der Waals surface area contributed by atoms with Gasteiger partial charge in [-0.25, -0.2) is 0 Å². The van der Waals surface area contributed by atoms with E-state index < -0.39 is 5.97 Å². The Morgan fingerprint density at radius 1 is 1.30 bits per heavy atom. The minimum absolute atomic E-state index is 0.0866. The van der Waals surface area contributed by atoms with E-state index in [1.807, 2.05) is 30.3 Å². The van der Waals surface area contributed by atoms with Crippen LogP contribution >= 0.6 is 0 Å². The van der Waals surface area contributed by atoms with Crippen molar-refractivity contribution < 1.29 is 14.6 Å². The first-order valence-electron chi connectivity index (χ1n) is 7.49. The molecule has 0 heterocycles. The van der Waals surface area contributed by atoms with Gasteiger partial charge in [0.2, 0.25) is 0 Å². The molecule has 0 unspecified atom stereocenters. The average Bonchev–Trinajstić information content (AvgIpc) is 2.43. The van der Waals surface area contributed by atoms with E-state index in [0.717, 1.165) is 18.4 Å². The van der Waals surface area contributed by atoms with Gasteiger partial charge in [0.1, 0.15) is 0 Å². The number of hydrogen-bond acceptors (Lipinski definition) is 2. The van der Waals surface area contributed by atoms with Gasteiger partial charge >= 0.3 is 5.97 Å². The van der Waals surface area contributed by atoms with Crippen LogP contribution in [-0.2, 0) is 16.1 Å². The van der Waals surface area contributed by atoms with Crippen LogP contribution < -0.4 is 0 Å². The number of carboxylic acids is 1. The largest absolute Gasteiger partial charge is 0.481 e. The highest BCUT2D eigenvalue weighted by molar-refractivity contribution is 5.67. The standard InChI is InChI=1S/C17H26O3/c1-3-4-8-14(2)11-16(12-17(18)19)20-13-15-9-6-5-7-10-15/h5-7,9-10,14,16H,3-4,8,11-13H2,1-2H3,(H,18,19)/t14-,16+/m1/s1. The van der Waals surface area contributed by atoms with E-state index in [1.165, 1.54) is 12.8 Å². The summed E-state index contributed by atoms with van der Waals surface area (Å²) in [5, 5.41) is 8.99. The van der Waals surface area contributed by atoms with Crippen molar-refractivity contribution in [2.75, 3.05) is 0 Å². The third-order valence-corrected chi connectivity index (χ3v) is 3.45. The molecule has 1 aromatic rings. The molecule has 0 amide bonds. The fraction of sp³-hybridized carbons (Fsp3) is 0.588. The molecule has 1 N–H and O–H groups in total. The molecule has 0 saturated heterocycles. The zero-order valence-electron chi connectivity index (χ0n) is 12.5. The van der Waals surface area contributed by atoms with Crippen molar-refractivity contribution in [2.24, 2.45) is 5.92 Å². The number of ether oxygens (including phenoxy) is 1. The molecular weight excluding hydrogens is 252 g/mol. The molecule has 3 heteroatoms. The van der Waals surface area contributed by atoms with E-state index in [2.05, 4.69) is 13.8 Å². The lowest BCUT2D eigenvalue weighted by molar-refractivity contribution is -0.140. The maximum absolute atomic E-state index is 10.9. The third kappa shape index (κ3) is 7.29. The first kappa shape index (κ1) is 16.7. The fourth-order valence-corrected chi connectivity index (χ4v) is 2.31. The molecule has 0 saturated carbocycles. The fourth-order valence-electron chi connectivity index (χ4n) is 2.31. The molecule has 0 aromatic heterocycles. The molecule has 3 nitrogen and oxygen atoms in total. The summed E-state index contributed by atoms with van der Waals surface area (Å²) in [6, 6.07) is 9.89. The summed E-state index contributed by atoms with van der Waals surface area (Å²) in [5.41, 5.74) is 1.09. The van der Waals surface area contributed by atoms with Crippen LogP contribution in [0.2, 0.25) is 0 Å². The summed E-state index contributed by atoms with van der Waals surface area (Å²) < 4.78 is 5.81. The predicted octanol–water partition coefficient (Wildman–Crippen LogP) is 4.26. The van der Waals surface area contributed by atoms with Crippen molar-refractivity contribution >= 4 is 5.97 Å². The van der Waals surface area contributed by atoms with Crippen molar-refractivity contribution in [3.8, 4) is 0 Å². The van der Waals surface area contributed by atoms with E-state index in [9.17, 15) is 4.79 Å². The lowest BCUT2D eigenvalue weighted by Gasteiger charge is -2.20. The van der Waals surface area contributed by atoms with Crippen molar-refractivity contribution in [3.63, 3.8) is 0 Å². The monoisotopic (exact) mass is 278 g/mol. The van der Waals surface area contributed by atoms with Crippen LogP contribution in [0.5, 0.6) is 0 Å². The van der Waals surface area contributed by atoms with E-state index in [-0.39, 0.29) is 12.5 Å². The zero-order chi connectivity index (χ0) is 14.8. The molecule has 0 aliphatic rings. The van der Waals surface area contributed by atoms with Gasteiger partial charge in [0.25, 0.3) is 0 Å². The van der Waals surface area contributed by atoms with Crippen LogP contribution in [0.3, 0.4) is 0 Å². The minimum atomic E-state index is -0.786. The van der Waals surface area contributed by atoms with Crippen molar-refractivity contribution in [2.45, 2.75) is 58.7 Å². The van der Waals surface area contributed by atoms with Gasteiger partial charge in [-0.1, -0.05) is 63.4 Å². The molecule has 0 bridgehead atoms. The van der Waals surface area contributed by atoms with Gasteiger partial charge in [-0.05, 0) is 17.9 Å². The highest BCUT2D eigenvalue weighted by Crippen LogP contribution is 2.19. The maximum Gasteiger partial charge on any atom is 0.305 e. The van der Waals surface area contributed by atoms with Crippen LogP contribution in [0.25, 0.3) is 0 Å². The molecule has 0 aliphatic carbocycles. The van der Waals surface area contributed by atoms with Crippen LogP contribution in [0, 0.1) is 5.92 Å². The molecule has 0 aliphatic heterocycles. The van der Waals surface area contributed by atoms with E-state index in [4.69, 9.17) is 9.84 Å². The Labute approximate surface area is 122 Å². The van der Waals surface area contributed by atoms with Gasteiger partial charge in [-0.15, -0.1) is 0 Å². The number of rotatable bonds is 10. The lowest BCUT2D eigenvalue weighted by atomic mass is 9.96. The first-order valence-corrected chi connectivity index (χ1v) is 7.49. The normalized spacial score (nSPS) is 13.9. The van der Waals surface area contributed by atoms with E-state index in [1.54, 1.807) is 0 Å². The number of unbranched alkanes of at least 4 members (excludes halogenated alkanes) is 1.